The maximum atomic E-state index is 12.2. The number of piperidine rings is 1. The molecule has 1 aromatic carbocycles. The number of hydrogen-bond donors (Lipinski definition) is 1. The molecule has 6 nitrogen and oxygen atoms in total. The first-order valence-electron chi connectivity index (χ1n) is 8.49. The molecule has 25 heavy (non-hydrogen) atoms. The summed E-state index contributed by atoms with van der Waals surface area (Å²) in [4.78, 5) is 25.3. The molecule has 2 rings (SSSR count). The number of methoxy groups -OCH3 is 1. The van der Waals surface area contributed by atoms with E-state index in [-0.39, 0.29) is 12.5 Å². The molecule has 0 spiro atoms. The smallest absolute Gasteiger partial charge is 0.410 e. The van der Waals surface area contributed by atoms with Crippen molar-refractivity contribution in [3.8, 4) is 5.75 Å². The van der Waals surface area contributed by atoms with Crippen LogP contribution in [0.25, 0.3) is 0 Å². The third kappa shape index (κ3) is 4.87. The Balaban J connectivity index is 2.15. The highest BCUT2D eigenvalue weighted by atomic mass is 16.6. The monoisotopic (exact) mass is 349 g/mol. The predicted octanol–water partition coefficient (Wildman–Crippen LogP) is 3.44. The molecule has 1 fully saturated rings. The summed E-state index contributed by atoms with van der Waals surface area (Å²) in [5.41, 5.74) is -0.0428. The van der Waals surface area contributed by atoms with E-state index in [9.17, 15) is 14.7 Å². The molecule has 0 aromatic heterocycles. The van der Waals surface area contributed by atoms with Crippen LogP contribution < -0.4 is 4.74 Å². The van der Waals surface area contributed by atoms with Gasteiger partial charge in [-0.1, -0.05) is 12.1 Å². The van der Waals surface area contributed by atoms with Gasteiger partial charge in [0, 0.05) is 18.5 Å². The molecule has 0 atom stereocenters. The van der Waals surface area contributed by atoms with E-state index in [4.69, 9.17) is 9.47 Å². The number of benzene rings is 1. The fraction of sp³-hybridized carbons (Fsp3) is 0.579. The number of aliphatic carboxylic acids is 1. The van der Waals surface area contributed by atoms with Gasteiger partial charge in [-0.05, 0) is 51.3 Å². The lowest BCUT2D eigenvalue weighted by Crippen LogP contribution is -2.47. The van der Waals surface area contributed by atoms with E-state index in [1.54, 1.807) is 12.0 Å². The first-order chi connectivity index (χ1) is 11.6. The van der Waals surface area contributed by atoms with E-state index >= 15 is 0 Å². The summed E-state index contributed by atoms with van der Waals surface area (Å²) in [6.45, 7) is 6.46. The van der Waals surface area contributed by atoms with Crippen LogP contribution in [0.5, 0.6) is 5.75 Å². The lowest BCUT2D eigenvalue weighted by Gasteiger charge is -2.41. The van der Waals surface area contributed by atoms with Gasteiger partial charge in [0.15, 0.2) is 0 Å². The second kappa shape index (κ2) is 7.33. The van der Waals surface area contributed by atoms with Crippen molar-refractivity contribution in [2.24, 2.45) is 0 Å². The van der Waals surface area contributed by atoms with Crippen LogP contribution in [-0.2, 0) is 14.9 Å². The molecule has 6 heteroatoms. The molecular formula is C19H27NO5. The van der Waals surface area contributed by atoms with E-state index in [1.807, 2.05) is 45.0 Å². The summed E-state index contributed by atoms with van der Waals surface area (Å²) in [6, 6.07) is 7.54. The minimum absolute atomic E-state index is 0.0431. The number of nitrogens with zero attached hydrogens (tertiary/aromatic N) is 1. The summed E-state index contributed by atoms with van der Waals surface area (Å²) in [6.07, 6.45) is 0.878. The van der Waals surface area contributed by atoms with Crippen molar-refractivity contribution in [1.29, 1.82) is 0 Å². The van der Waals surface area contributed by atoms with Gasteiger partial charge in [0.2, 0.25) is 0 Å². The SMILES string of the molecule is COc1ccc(C2(CC(=O)O)CCN(C(=O)OC(C)(C)C)CC2)cc1. The Morgan fingerprint density at radius 2 is 1.72 bits per heavy atom. The molecule has 1 aromatic rings. The number of hydrogen-bond acceptors (Lipinski definition) is 4. The number of carbonyl (C=O) groups excluding carboxylic acids is 1. The zero-order chi connectivity index (χ0) is 18.7. The molecule has 0 saturated carbocycles. The van der Waals surface area contributed by atoms with Gasteiger partial charge in [0.1, 0.15) is 11.4 Å². The Morgan fingerprint density at radius 1 is 1.16 bits per heavy atom. The molecule has 0 aliphatic carbocycles. The van der Waals surface area contributed by atoms with Crippen molar-refractivity contribution in [2.75, 3.05) is 20.2 Å². The van der Waals surface area contributed by atoms with Crippen molar-refractivity contribution in [1.82, 2.24) is 4.90 Å². The summed E-state index contributed by atoms with van der Waals surface area (Å²) >= 11 is 0. The number of amides is 1. The molecule has 0 unspecified atom stereocenters. The Kier molecular flexibility index (Phi) is 5.60. The van der Waals surface area contributed by atoms with Gasteiger partial charge in [-0.15, -0.1) is 0 Å². The largest absolute Gasteiger partial charge is 0.497 e. The van der Waals surface area contributed by atoms with Gasteiger partial charge in [-0.25, -0.2) is 4.79 Å². The lowest BCUT2D eigenvalue weighted by molar-refractivity contribution is -0.139. The van der Waals surface area contributed by atoms with Crippen molar-refractivity contribution in [2.45, 2.75) is 51.0 Å². The number of rotatable bonds is 4. The second-order valence-electron chi connectivity index (χ2n) is 7.55. The van der Waals surface area contributed by atoms with Gasteiger partial charge in [0.25, 0.3) is 0 Å². The van der Waals surface area contributed by atoms with E-state index < -0.39 is 17.0 Å². The maximum Gasteiger partial charge on any atom is 0.410 e. The number of carbonyl (C=O) groups is 2. The van der Waals surface area contributed by atoms with Gasteiger partial charge < -0.3 is 19.5 Å². The summed E-state index contributed by atoms with van der Waals surface area (Å²) in [7, 11) is 1.60. The first-order valence-corrected chi connectivity index (χ1v) is 8.49. The Bertz CT molecular complexity index is 610. The fourth-order valence-corrected chi connectivity index (χ4v) is 3.25. The summed E-state index contributed by atoms with van der Waals surface area (Å²) in [5.74, 6) is -0.0954. The summed E-state index contributed by atoms with van der Waals surface area (Å²) < 4.78 is 10.6. The van der Waals surface area contributed by atoms with Crippen LogP contribution in [0.1, 0.15) is 45.6 Å². The van der Waals surface area contributed by atoms with E-state index in [2.05, 4.69) is 0 Å². The Labute approximate surface area is 148 Å². The third-order valence-corrected chi connectivity index (χ3v) is 4.56. The van der Waals surface area contributed by atoms with Crippen LogP contribution in [-0.4, -0.2) is 47.9 Å². The molecule has 1 N–H and O–H groups in total. The molecule has 1 amide bonds. The zero-order valence-electron chi connectivity index (χ0n) is 15.4. The standard InChI is InChI=1S/C19H27NO5/c1-18(2,3)25-17(23)20-11-9-19(10-12-20,13-16(21)22)14-5-7-15(24-4)8-6-14/h5-8H,9-13H2,1-4H3,(H,21,22). The van der Waals surface area contributed by atoms with Gasteiger partial charge in [-0.3, -0.25) is 4.79 Å². The molecule has 0 radical (unpaired) electrons. The minimum Gasteiger partial charge on any atom is -0.497 e. The average molecular weight is 349 g/mol. The van der Waals surface area contributed by atoms with Gasteiger partial charge in [0.05, 0.1) is 13.5 Å². The minimum atomic E-state index is -0.832. The van der Waals surface area contributed by atoms with Crippen LogP contribution >= 0.6 is 0 Å². The van der Waals surface area contributed by atoms with Crippen molar-refractivity contribution in [3.05, 3.63) is 29.8 Å². The Morgan fingerprint density at radius 3 is 2.16 bits per heavy atom. The number of ether oxygens (including phenoxy) is 2. The third-order valence-electron chi connectivity index (χ3n) is 4.56. The van der Waals surface area contributed by atoms with E-state index in [0.717, 1.165) is 11.3 Å². The molecular weight excluding hydrogens is 322 g/mol. The summed E-state index contributed by atoms with van der Waals surface area (Å²) in [5, 5.41) is 9.39. The Hall–Kier alpha value is -2.24. The van der Waals surface area contributed by atoms with Crippen molar-refractivity contribution < 1.29 is 24.2 Å². The van der Waals surface area contributed by atoms with Crippen LogP contribution in [0.3, 0.4) is 0 Å². The topological polar surface area (TPSA) is 76.1 Å². The van der Waals surface area contributed by atoms with Gasteiger partial charge in [-0.2, -0.15) is 0 Å². The molecule has 138 valence electrons. The normalized spacial score (nSPS) is 17.0. The van der Waals surface area contributed by atoms with Gasteiger partial charge >= 0.3 is 12.1 Å². The first kappa shape index (κ1) is 19.1. The van der Waals surface area contributed by atoms with Crippen molar-refractivity contribution in [3.63, 3.8) is 0 Å². The lowest BCUT2D eigenvalue weighted by atomic mass is 9.70. The van der Waals surface area contributed by atoms with E-state index in [0.29, 0.717) is 25.9 Å². The maximum absolute atomic E-state index is 12.2. The molecule has 1 aliphatic heterocycles. The van der Waals surface area contributed by atoms with Crippen LogP contribution in [0.4, 0.5) is 4.79 Å². The highest BCUT2D eigenvalue weighted by molar-refractivity contribution is 5.70. The molecule has 0 bridgehead atoms. The molecule has 1 aliphatic rings. The van der Waals surface area contributed by atoms with E-state index in [1.165, 1.54) is 0 Å². The molecule has 1 saturated heterocycles. The van der Waals surface area contributed by atoms with Crippen LogP contribution in [0.15, 0.2) is 24.3 Å². The highest BCUT2D eigenvalue weighted by Gasteiger charge is 2.40. The highest BCUT2D eigenvalue weighted by Crippen LogP contribution is 2.39. The zero-order valence-corrected chi connectivity index (χ0v) is 15.4. The fourth-order valence-electron chi connectivity index (χ4n) is 3.25. The van der Waals surface area contributed by atoms with Crippen LogP contribution in [0.2, 0.25) is 0 Å². The van der Waals surface area contributed by atoms with Crippen molar-refractivity contribution >= 4 is 12.1 Å². The predicted molar refractivity (Wildman–Crippen MR) is 94.0 cm³/mol. The number of carboxylic acid groups (broad SMARTS) is 1. The molecule has 1 heterocycles. The van der Waals surface area contributed by atoms with Crippen LogP contribution in [0, 0.1) is 0 Å². The quantitative estimate of drug-likeness (QED) is 0.901. The second-order valence-corrected chi connectivity index (χ2v) is 7.55. The number of carboxylic acids is 1. The average Bonchev–Trinajstić information content (AvgIpc) is 2.53. The number of likely N-dealkylation sites (tertiary alicyclic amines) is 1.